The fourth-order valence-electron chi connectivity index (χ4n) is 2.07. The van der Waals surface area contributed by atoms with Crippen LogP contribution in [0.15, 0.2) is 30.3 Å². The molecule has 1 saturated carbocycles. The molecule has 1 aliphatic carbocycles. The van der Waals surface area contributed by atoms with Gasteiger partial charge in [-0.3, -0.25) is 0 Å². The van der Waals surface area contributed by atoms with E-state index in [1.165, 1.54) is 5.56 Å². The normalized spacial score (nSPS) is 30.2. The number of halogens is 1. The van der Waals surface area contributed by atoms with Crippen molar-refractivity contribution in [1.29, 1.82) is 0 Å². The van der Waals surface area contributed by atoms with Crippen molar-refractivity contribution >= 4 is 11.6 Å². The van der Waals surface area contributed by atoms with Crippen LogP contribution < -0.4 is 5.73 Å². The second-order valence-corrected chi connectivity index (χ2v) is 4.97. The van der Waals surface area contributed by atoms with Gasteiger partial charge in [0.05, 0.1) is 12.7 Å². The average molecular weight is 240 g/mol. The minimum Gasteiger partial charge on any atom is -0.373 e. The molecular formula is C13H18ClNO. The third kappa shape index (κ3) is 3.21. The first kappa shape index (κ1) is 11.9. The molecular weight excluding hydrogens is 222 g/mol. The molecule has 0 spiro atoms. The molecule has 88 valence electrons. The van der Waals surface area contributed by atoms with Crippen molar-refractivity contribution in [1.82, 2.24) is 0 Å². The monoisotopic (exact) mass is 239 g/mol. The summed E-state index contributed by atoms with van der Waals surface area (Å²) in [5.41, 5.74) is 7.14. The Bertz CT molecular complexity index is 317. The molecule has 2 rings (SSSR count). The summed E-state index contributed by atoms with van der Waals surface area (Å²) in [4.78, 5) is 0. The Morgan fingerprint density at radius 2 is 2.00 bits per heavy atom. The van der Waals surface area contributed by atoms with E-state index in [2.05, 4.69) is 12.1 Å². The molecule has 0 amide bonds. The maximum absolute atomic E-state index is 6.07. The second-order valence-electron chi connectivity index (χ2n) is 4.41. The summed E-state index contributed by atoms with van der Waals surface area (Å²) in [6.07, 6.45) is 3.13. The molecule has 2 nitrogen and oxygen atoms in total. The van der Waals surface area contributed by atoms with Gasteiger partial charge in [0, 0.05) is 11.4 Å². The predicted molar refractivity (Wildman–Crippen MR) is 66.5 cm³/mol. The highest BCUT2D eigenvalue weighted by Gasteiger charge is 2.26. The second kappa shape index (κ2) is 5.67. The minimum absolute atomic E-state index is 0.0798. The molecule has 1 aliphatic rings. The minimum atomic E-state index is 0.0798. The summed E-state index contributed by atoms with van der Waals surface area (Å²) in [6.45, 7) is 0.672. The van der Waals surface area contributed by atoms with Crippen LogP contribution in [0.25, 0.3) is 0 Å². The van der Waals surface area contributed by atoms with E-state index < -0.39 is 0 Å². The van der Waals surface area contributed by atoms with Crippen molar-refractivity contribution in [3.63, 3.8) is 0 Å². The molecule has 0 aromatic heterocycles. The first-order valence-corrected chi connectivity index (χ1v) is 6.24. The third-order valence-corrected chi connectivity index (χ3v) is 3.63. The van der Waals surface area contributed by atoms with E-state index in [1.54, 1.807) is 0 Å². The number of benzene rings is 1. The zero-order valence-corrected chi connectivity index (χ0v) is 10.1. The summed E-state index contributed by atoms with van der Waals surface area (Å²) in [5.74, 6) is 0. The van der Waals surface area contributed by atoms with Gasteiger partial charge in [-0.25, -0.2) is 0 Å². The topological polar surface area (TPSA) is 35.2 Å². The number of hydrogen-bond acceptors (Lipinski definition) is 2. The van der Waals surface area contributed by atoms with Crippen LogP contribution >= 0.6 is 11.6 Å². The molecule has 1 aromatic rings. The molecule has 0 aliphatic heterocycles. The van der Waals surface area contributed by atoms with Crippen LogP contribution in [0.4, 0.5) is 0 Å². The summed E-state index contributed by atoms with van der Waals surface area (Å²) >= 11 is 6.07. The van der Waals surface area contributed by atoms with Crippen molar-refractivity contribution in [2.24, 2.45) is 5.73 Å². The van der Waals surface area contributed by atoms with Crippen LogP contribution in [0.2, 0.25) is 0 Å². The molecule has 3 heteroatoms. The van der Waals surface area contributed by atoms with E-state index >= 15 is 0 Å². The van der Waals surface area contributed by atoms with Gasteiger partial charge < -0.3 is 10.5 Å². The van der Waals surface area contributed by atoms with E-state index in [0.29, 0.717) is 6.61 Å². The quantitative estimate of drug-likeness (QED) is 0.824. The summed E-state index contributed by atoms with van der Waals surface area (Å²) < 4.78 is 5.85. The van der Waals surface area contributed by atoms with E-state index in [1.807, 2.05) is 18.2 Å². The van der Waals surface area contributed by atoms with Crippen molar-refractivity contribution in [2.45, 2.75) is 43.4 Å². The Kier molecular flexibility index (Phi) is 4.22. The van der Waals surface area contributed by atoms with Gasteiger partial charge in [-0.2, -0.15) is 0 Å². The molecule has 0 bridgehead atoms. The standard InChI is InChI=1S/C13H18ClNO/c14-12-7-6-11(8-13(12)15)16-9-10-4-2-1-3-5-10/h1-5,11-13H,6-9,15H2/t11-,12-,13-/m0/s1. The van der Waals surface area contributed by atoms with Crippen molar-refractivity contribution < 1.29 is 4.74 Å². The molecule has 0 saturated heterocycles. The number of nitrogens with two attached hydrogens (primary N) is 1. The van der Waals surface area contributed by atoms with E-state index in [-0.39, 0.29) is 17.5 Å². The molecule has 1 aromatic carbocycles. The molecule has 0 heterocycles. The van der Waals surface area contributed by atoms with Gasteiger partial charge in [0.25, 0.3) is 0 Å². The Balaban J connectivity index is 1.79. The van der Waals surface area contributed by atoms with Crippen LogP contribution in [0, 0.1) is 0 Å². The summed E-state index contributed by atoms with van der Waals surface area (Å²) in [7, 11) is 0. The third-order valence-electron chi connectivity index (χ3n) is 3.09. The highest BCUT2D eigenvalue weighted by molar-refractivity contribution is 6.21. The Labute approximate surface area is 102 Å². The highest BCUT2D eigenvalue weighted by atomic mass is 35.5. The lowest BCUT2D eigenvalue weighted by Gasteiger charge is -2.30. The lowest BCUT2D eigenvalue weighted by molar-refractivity contribution is 0.0130. The average Bonchev–Trinajstić information content (AvgIpc) is 2.32. The van der Waals surface area contributed by atoms with E-state index in [0.717, 1.165) is 19.3 Å². The van der Waals surface area contributed by atoms with Crippen molar-refractivity contribution in [2.75, 3.05) is 0 Å². The van der Waals surface area contributed by atoms with E-state index in [4.69, 9.17) is 22.1 Å². The smallest absolute Gasteiger partial charge is 0.0720 e. The van der Waals surface area contributed by atoms with Crippen molar-refractivity contribution in [3.05, 3.63) is 35.9 Å². The number of hydrogen-bond donors (Lipinski definition) is 1. The lowest BCUT2D eigenvalue weighted by atomic mass is 9.93. The first-order chi connectivity index (χ1) is 7.75. The van der Waals surface area contributed by atoms with Gasteiger partial charge in [0.15, 0.2) is 0 Å². The summed E-state index contributed by atoms with van der Waals surface area (Å²) in [5, 5.41) is 0.122. The molecule has 1 fully saturated rings. The van der Waals surface area contributed by atoms with Gasteiger partial charge in [0.1, 0.15) is 0 Å². The SMILES string of the molecule is N[C@H]1C[C@@H](OCc2ccccc2)CC[C@@H]1Cl. The fraction of sp³-hybridized carbons (Fsp3) is 0.538. The first-order valence-electron chi connectivity index (χ1n) is 5.81. The van der Waals surface area contributed by atoms with Crippen LogP contribution in [0.5, 0.6) is 0 Å². The zero-order chi connectivity index (χ0) is 11.4. The zero-order valence-electron chi connectivity index (χ0n) is 9.31. The van der Waals surface area contributed by atoms with Gasteiger partial charge in [0.2, 0.25) is 0 Å². The fourth-order valence-corrected chi connectivity index (χ4v) is 2.30. The highest BCUT2D eigenvalue weighted by Crippen LogP contribution is 2.24. The van der Waals surface area contributed by atoms with Crippen LogP contribution in [0.3, 0.4) is 0 Å². The summed E-state index contributed by atoms with van der Waals surface area (Å²) in [6, 6.07) is 10.3. The number of rotatable bonds is 3. The predicted octanol–water partition coefficient (Wildman–Crippen LogP) is 2.69. The molecule has 0 radical (unpaired) electrons. The number of ether oxygens (including phenoxy) is 1. The van der Waals surface area contributed by atoms with E-state index in [9.17, 15) is 0 Å². The molecule has 16 heavy (non-hydrogen) atoms. The maximum Gasteiger partial charge on any atom is 0.0720 e. The number of alkyl halides is 1. The molecule has 0 unspecified atom stereocenters. The lowest BCUT2D eigenvalue weighted by Crippen LogP contribution is -2.40. The van der Waals surface area contributed by atoms with Gasteiger partial charge in [-0.1, -0.05) is 30.3 Å². The van der Waals surface area contributed by atoms with Gasteiger partial charge in [-0.15, -0.1) is 11.6 Å². The maximum atomic E-state index is 6.07. The van der Waals surface area contributed by atoms with Gasteiger partial charge >= 0.3 is 0 Å². The Hall–Kier alpha value is -0.570. The van der Waals surface area contributed by atoms with Crippen LogP contribution in [-0.2, 0) is 11.3 Å². The van der Waals surface area contributed by atoms with Crippen molar-refractivity contribution in [3.8, 4) is 0 Å². The van der Waals surface area contributed by atoms with Gasteiger partial charge in [-0.05, 0) is 24.8 Å². The largest absolute Gasteiger partial charge is 0.373 e. The Morgan fingerprint density at radius 1 is 1.25 bits per heavy atom. The Morgan fingerprint density at radius 3 is 2.69 bits per heavy atom. The van der Waals surface area contributed by atoms with Crippen LogP contribution in [0.1, 0.15) is 24.8 Å². The molecule has 3 atom stereocenters. The van der Waals surface area contributed by atoms with Crippen LogP contribution in [-0.4, -0.2) is 17.5 Å². The molecule has 2 N–H and O–H groups in total.